The molecule has 0 aromatic carbocycles. The molecule has 0 aliphatic carbocycles. The van der Waals surface area contributed by atoms with Crippen LogP contribution in [-0.4, -0.2) is 33.9 Å². The molecule has 17 heavy (non-hydrogen) atoms. The fraction of sp³-hybridized carbons (Fsp3) is 0.300. The molecule has 90 valence electrons. The largest absolute Gasteiger partial charge is 0.480 e. The normalized spacial score (nSPS) is 12.4. The number of pyridine rings is 1. The Hall–Kier alpha value is -1.99. The first-order valence-corrected chi connectivity index (χ1v) is 4.95. The third kappa shape index (κ3) is 2.24. The standard InChI is InChI=1S/C10H12N4O3/c1-16-9-6(3-2-4-12-9)10-13-8(14-17-10)7(11)5-15/h2-4,7,15H,5,11H2,1H3. The van der Waals surface area contributed by atoms with E-state index in [0.717, 1.165) is 0 Å². The van der Waals surface area contributed by atoms with Gasteiger partial charge in [-0.05, 0) is 12.1 Å². The molecule has 2 rings (SSSR count). The summed E-state index contributed by atoms with van der Waals surface area (Å²) in [6, 6.07) is 2.82. The first kappa shape index (κ1) is 11.5. The first-order valence-electron chi connectivity index (χ1n) is 4.95. The minimum Gasteiger partial charge on any atom is -0.480 e. The van der Waals surface area contributed by atoms with E-state index in [0.29, 0.717) is 11.4 Å². The van der Waals surface area contributed by atoms with Gasteiger partial charge >= 0.3 is 0 Å². The molecule has 0 radical (unpaired) electrons. The molecule has 7 nitrogen and oxygen atoms in total. The van der Waals surface area contributed by atoms with Gasteiger partial charge in [0.25, 0.3) is 5.89 Å². The predicted molar refractivity (Wildman–Crippen MR) is 58.1 cm³/mol. The zero-order chi connectivity index (χ0) is 12.3. The third-order valence-corrected chi connectivity index (χ3v) is 2.16. The van der Waals surface area contributed by atoms with E-state index in [1.807, 2.05) is 0 Å². The zero-order valence-electron chi connectivity index (χ0n) is 9.20. The molecule has 2 heterocycles. The second kappa shape index (κ2) is 4.89. The van der Waals surface area contributed by atoms with Crippen molar-refractivity contribution in [3.8, 4) is 17.3 Å². The van der Waals surface area contributed by atoms with Crippen molar-refractivity contribution in [2.45, 2.75) is 6.04 Å². The summed E-state index contributed by atoms with van der Waals surface area (Å²) in [5, 5.41) is 12.6. The van der Waals surface area contributed by atoms with E-state index in [4.69, 9.17) is 20.1 Å². The van der Waals surface area contributed by atoms with Gasteiger partial charge < -0.3 is 20.1 Å². The van der Waals surface area contributed by atoms with Crippen molar-refractivity contribution in [1.29, 1.82) is 0 Å². The Balaban J connectivity index is 2.37. The summed E-state index contributed by atoms with van der Waals surface area (Å²) < 4.78 is 10.1. The van der Waals surface area contributed by atoms with E-state index in [-0.39, 0.29) is 18.3 Å². The molecule has 3 N–H and O–H groups in total. The summed E-state index contributed by atoms with van der Waals surface area (Å²) in [5.41, 5.74) is 6.16. The average Bonchev–Trinajstić information content (AvgIpc) is 2.87. The van der Waals surface area contributed by atoms with E-state index < -0.39 is 6.04 Å². The van der Waals surface area contributed by atoms with Crippen molar-refractivity contribution in [1.82, 2.24) is 15.1 Å². The minimum atomic E-state index is -0.657. The average molecular weight is 236 g/mol. The van der Waals surface area contributed by atoms with Crippen LogP contribution in [-0.2, 0) is 0 Å². The van der Waals surface area contributed by atoms with Crippen LogP contribution < -0.4 is 10.5 Å². The molecule has 7 heteroatoms. The zero-order valence-corrected chi connectivity index (χ0v) is 9.20. The maximum atomic E-state index is 8.89. The van der Waals surface area contributed by atoms with Crippen molar-refractivity contribution in [3.63, 3.8) is 0 Å². The topological polar surface area (TPSA) is 107 Å². The number of rotatable bonds is 4. The highest BCUT2D eigenvalue weighted by atomic mass is 16.5. The lowest BCUT2D eigenvalue weighted by molar-refractivity contribution is 0.260. The fourth-order valence-electron chi connectivity index (χ4n) is 1.29. The number of aliphatic hydroxyl groups is 1. The SMILES string of the molecule is COc1ncccc1-c1nc(C(N)CO)no1. The molecule has 0 aliphatic rings. The second-order valence-corrected chi connectivity index (χ2v) is 3.31. The maximum Gasteiger partial charge on any atom is 0.263 e. The number of nitrogens with zero attached hydrogens (tertiary/aromatic N) is 3. The van der Waals surface area contributed by atoms with Gasteiger partial charge in [0, 0.05) is 6.20 Å². The molecule has 0 saturated heterocycles. The number of aliphatic hydroxyl groups excluding tert-OH is 1. The number of methoxy groups -OCH3 is 1. The van der Waals surface area contributed by atoms with Crippen molar-refractivity contribution in [3.05, 3.63) is 24.2 Å². The van der Waals surface area contributed by atoms with Gasteiger partial charge in [-0.2, -0.15) is 4.98 Å². The molecule has 0 amide bonds. The Morgan fingerprint density at radius 2 is 2.41 bits per heavy atom. The van der Waals surface area contributed by atoms with Crippen LogP contribution in [0.3, 0.4) is 0 Å². The Labute approximate surface area is 97.2 Å². The van der Waals surface area contributed by atoms with Crippen LogP contribution in [0.2, 0.25) is 0 Å². The van der Waals surface area contributed by atoms with E-state index >= 15 is 0 Å². The van der Waals surface area contributed by atoms with Gasteiger partial charge in [0.1, 0.15) is 5.56 Å². The lowest BCUT2D eigenvalue weighted by Gasteiger charge is -2.01. The van der Waals surface area contributed by atoms with Crippen LogP contribution >= 0.6 is 0 Å². The lowest BCUT2D eigenvalue weighted by atomic mass is 10.2. The predicted octanol–water partition coefficient (Wildman–Crippen LogP) is 0.132. The van der Waals surface area contributed by atoms with Gasteiger partial charge in [-0.25, -0.2) is 4.98 Å². The molecular weight excluding hydrogens is 224 g/mol. The smallest absolute Gasteiger partial charge is 0.263 e. The van der Waals surface area contributed by atoms with E-state index in [1.165, 1.54) is 7.11 Å². The van der Waals surface area contributed by atoms with Crippen LogP contribution in [0.4, 0.5) is 0 Å². The number of hydrogen-bond donors (Lipinski definition) is 2. The lowest BCUT2D eigenvalue weighted by Crippen LogP contribution is -2.15. The molecule has 1 atom stereocenters. The molecule has 2 aromatic rings. The Bertz CT molecular complexity index is 500. The molecule has 0 fully saturated rings. The van der Waals surface area contributed by atoms with Crippen molar-refractivity contribution in [2.75, 3.05) is 13.7 Å². The van der Waals surface area contributed by atoms with Gasteiger partial charge in [-0.1, -0.05) is 5.16 Å². The van der Waals surface area contributed by atoms with Crippen molar-refractivity contribution in [2.24, 2.45) is 5.73 Å². The summed E-state index contributed by atoms with van der Waals surface area (Å²) in [6.45, 7) is -0.247. The van der Waals surface area contributed by atoms with E-state index in [2.05, 4.69) is 15.1 Å². The third-order valence-electron chi connectivity index (χ3n) is 2.16. The van der Waals surface area contributed by atoms with Crippen LogP contribution in [0.15, 0.2) is 22.9 Å². The number of ether oxygens (including phenoxy) is 1. The highest BCUT2D eigenvalue weighted by Gasteiger charge is 2.17. The van der Waals surface area contributed by atoms with Gasteiger partial charge in [-0.15, -0.1) is 0 Å². The number of nitrogens with two attached hydrogens (primary N) is 1. The molecule has 0 spiro atoms. The van der Waals surface area contributed by atoms with Crippen molar-refractivity contribution < 1.29 is 14.4 Å². The second-order valence-electron chi connectivity index (χ2n) is 3.31. The van der Waals surface area contributed by atoms with E-state index in [1.54, 1.807) is 18.3 Å². The Kier molecular flexibility index (Phi) is 3.31. The minimum absolute atomic E-state index is 0.244. The highest BCUT2D eigenvalue weighted by molar-refractivity contribution is 5.59. The quantitative estimate of drug-likeness (QED) is 0.776. The van der Waals surface area contributed by atoms with E-state index in [9.17, 15) is 0 Å². The maximum absolute atomic E-state index is 8.89. The summed E-state index contributed by atoms with van der Waals surface area (Å²) in [7, 11) is 1.50. The van der Waals surface area contributed by atoms with Crippen molar-refractivity contribution >= 4 is 0 Å². The molecule has 2 aromatic heterocycles. The fourth-order valence-corrected chi connectivity index (χ4v) is 1.29. The Morgan fingerprint density at radius 3 is 3.12 bits per heavy atom. The molecule has 0 bridgehead atoms. The number of hydrogen-bond acceptors (Lipinski definition) is 7. The summed E-state index contributed by atoms with van der Waals surface area (Å²) >= 11 is 0. The monoisotopic (exact) mass is 236 g/mol. The molecule has 1 unspecified atom stereocenters. The van der Waals surface area contributed by atoms with Gasteiger partial charge in [-0.3, -0.25) is 0 Å². The van der Waals surface area contributed by atoms with Crippen LogP contribution in [0, 0.1) is 0 Å². The van der Waals surface area contributed by atoms with Gasteiger partial charge in [0.05, 0.1) is 19.8 Å². The molecule has 0 saturated carbocycles. The number of aromatic nitrogens is 3. The summed E-state index contributed by atoms with van der Waals surface area (Å²) in [6.07, 6.45) is 1.60. The van der Waals surface area contributed by atoms with Crippen LogP contribution in [0.5, 0.6) is 5.88 Å². The van der Waals surface area contributed by atoms with Gasteiger partial charge in [0.2, 0.25) is 5.88 Å². The van der Waals surface area contributed by atoms with Crippen LogP contribution in [0.25, 0.3) is 11.5 Å². The first-order chi connectivity index (χ1) is 8.26. The molecule has 0 aliphatic heterocycles. The molecular formula is C10H12N4O3. The summed E-state index contributed by atoms with van der Waals surface area (Å²) in [4.78, 5) is 8.09. The highest BCUT2D eigenvalue weighted by Crippen LogP contribution is 2.26. The van der Waals surface area contributed by atoms with Crippen LogP contribution in [0.1, 0.15) is 11.9 Å². The Morgan fingerprint density at radius 1 is 1.59 bits per heavy atom. The van der Waals surface area contributed by atoms with Gasteiger partial charge in [0.15, 0.2) is 5.82 Å². The summed E-state index contributed by atoms with van der Waals surface area (Å²) in [5.74, 6) is 0.891.